The zero-order valence-electron chi connectivity index (χ0n) is 17.7. The van der Waals surface area contributed by atoms with Crippen LogP contribution >= 0.6 is 0 Å². The van der Waals surface area contributed by atoms with Gasteiger partial charge in [-0.3, -0.25) is 0 Å². The molecule has 0 heterocycles. The van der Waals surface area contributed by atoms with E-state index in [1.165, 1.54) is 24.3 Å². The molecule has 0 amide bonds. The molecule has 0 aliphatic rings. The molecule has 168 valence electrons. The van der Waals surface area contributed by atoms with Gasteiger partial charge in [0.05, 0.1) is 0 Å². The molecule has 0 fully saturated rings. The Bertz CT molecular complexity index is 795. The molecule has 0 N–H and O–H groups in total. The predicted octanol–water partition coefficient (Wildman–Crippen LogP) is 7.77. The van der Waals surface area contributed by atoms with Crippen molar-refractivity contribution in [2.24, 2.45) is 0 Å². The van der Waals surface area contributed by atoms with Crippen LogP contribution in [0.5, 0.6) is 11.5 Å². The molecule has 2 aromatic carbocycles. The molecular formula is C22H26F6O2. The van der Waals surface area contributed by atoms with Crippen LogP contribution < -0.4 is 9.47 Å². The molecular weight excluding hydrogens is 410 g/mol. The summed E-state index contributed by atoms with van der Waals surface area (Å²) in [6, 6.07) is 12.1. The summed E-state index contributed by atoms with van der Waals surface area (Å²) in [5, 5.41) is 0. The minimum Gasteiger partial charge on any atom is -0.406 e. The quantitative estimate of drug-likeness (QED) is 0.448. The number of benzene rings is 2. The van der Waals surface area contributed by atoms with E-state index in [1.807, 2.05) is 41.5 Å². The third kappa shape index (κ3) is 9.41. The molecule has 2 nitrogen and oxygen atoms in total. The van der Waals surface area contributed by atoms with Crippen molar-refractivity contribution in [1.29, 1.82) is 0 Å². The van der Waals surface area contributed by atoms with Crippen LogP contribution in [0.4, 0.5) is 26.3 Å². The van der Waals surface area contributed by atoms with E-state index < -0.39 is 12.7 Å². The highest BCUT2D eigenvalue weighted by Gasteiger charge is 2.33. The molecule has 0 bridgehead atoms. The third-order valence-electron chi connectivity index (χ3n) is 3.87. The summed E-state index contributed by atoms with van der Waals surface area (Å²) in [4.78, 5) is 0. The first kappa shape index (κ1) is 25.7. The molecule has 0 aliphatic heterocycles. The highest BCUT2D eigenvalue weighted by atomic mass is 19.4. The lowest BCUT2D eigenvalue weighted by Crippen LogP contribution is -2.21. The maximum Gasteiger partial charge on any atom is 0.573 e. The van der Waals surface area contributed by atoms with Crippen LogP contribution in [-0.2, 0) is 10.8 Å². The van der Waals surface area contributed by atoms with Gasteiger partial charge in [-0.1, -0.05) is 71.9 Å². The van der Waals surface area contributed by atoms with E-state index in [1.54, 1.807) is 24.3 Å². The Kier molecular flexibility index (Phi) is 7.85. The lowest BCUT2D eigenvalue weighted by Gasteiger charge is -2.22. The number of para-hydroxylation sites is 1. The van der Waals surface area contributed by atoms with E-state index in [0.717, 1.165) is 5.56 Å². The summed E-state index contributed by atoms with van der Waals surface area (Å²) in [6.45, 7) is 11.5. The number of hydrogen-bond donors (Lipinski definition) is 0. The Morgan fingerprint density at radius 3 is 1.43 bits per heavy atom. The summed E-state index contributed by atoms with van der Waals surface area (Å²) in [5.74, 6) is -0.312. The summed E-state index contributed by atoms with van der Waals surface area (Å²) >= 11 is 0. The molecule has 8 heteroatoms. The number of rotatable bonds is 2. The molecule has 0 spiro atoms. The van der Waals surface area contributed by atoms with E-state index in [4.69, 9.17) is 0 Å². The Morgan fingerprint density at radius 1 is 0.567 bits per heavy atom. The molecule has 0 aliphatic carbocycles. The number of halogens is 6. The fourth-order valence-corrected chi connectivity index (χ4v) is 2.46. The number of ether oxygens (including phenoxy) is 2. The standard InChI is InChI=1S/2C11H13F3O/c1-10(2,3)8-4-6-9(7-5-8)15-11(12,13)14;1-10(2,3)8-6-4-5-7-9(8)15-11(12,13)14/h2*4-7H,1-3H3. The minimum atomic E-state index is -4.64. The smallest absolute Gasteiger partial charge is 0.406 e. The second-order valence-electron chi connectivity index (χ2n) is 8.62. The average molecular weight is 436 g/mol. The normalized spacial score (nSPS) is 12.7. The molecule has 2 rings (SSSR count). The van der Waals surface area contributed by atoms with Crippen molar-refractivity contribution in [3.63, 3.8) is 0 Å². The van der Waals surface area contributed by atoms with Crippen molar-refractivity contribution in [3.8, 4) is 11.5 Å². The van der Waals surface area contributed by atoms with Gasteiger partial charge in [0.25, 0.3) is 0 Å². The Morgan fingerprint density at radius 2 is 1.03 bits per heavy atom. The first-order valence-corrected chi connectivity index (χ1v) is 9.10. The third-order valence-corrected chi connectivity index (χ3v) is 3.87. The largest absolute Gasteiger partial charge is 0.573 e. The van der Waals surface area contributed by atoms with E-state index in [0.29, 0.717) is 5.56 Å². The van der Waals surface area contributed by atoms with Crippen LogP contribution in [0.2, 0.25) is 0 Å². The predicted molar refractivity (Wildman–Crippen MR) is 104 cm³/mol. The van der Waals surface area contributed by atoms with Crippen LogP contribution in [0.15, 0.2) is 48.5 Å². The maximum absolute atomic E-state index is 12.1. The zero-order valence-corrected chi connectivity index (χ0v) is 17.7. The van der Waals surface area contributed by atoms with Crippen molar-refractivity contribution in [1.82, 2.24) is 0 Å². The van der Waals surface area contributed by atoms with Gasteiger partial charge < -0.3 is 9.47 Å². The summed E-state index contributed by atoms with van der Waals surface area (Å²) in [6.07, 6.45) is -9.26. The molecule has 30 heavy (non-hydrogen) atoms. The van der Waals surface area contributed by atoms with E-state index >= 15 is 0 Å². The van der Waals surface area contributed by atoms with Crippen molar-refractivity contribution >= 4 is 0 Å². The molecule has 0 saturated carbocycles. The highest BCUT2D eigenvalue weighted by molar-refractivity contribution is 5.38. The van der Waals surface area contributed by atoms with Gasteiger partial charge in [0.2, 0.25) is 0 Å². The van der Waals surface area contributed by atoms with Crippen molar-refractivity contribution in [2.45, 2.75) is 65.1 Å². The SMILES string of the molecule is CC(C)(C)c1ccc(OC(F)(F)F)cc1.CC(C)(C)c1ccccc1OC(F)(F)F. The second-order valence-corrected chi connectivity index (χ2v) is 8.62. The average Bonchev–Trinajstić information content (AvgIpc) is 2.51. The van der Waals surface area contributed by atoms with Crippen molar-refractivity contribution in [3.05, 3.63) is 59.7 Å². The number of alkyl halides is 6. The van der Waals surface area contributed by atoms with Crippen LogP contribution in [-0.4, -0.2) is 12.7 Å². The molecule has 0 aromatic heterocycles. The van der Waals surface area contributed by atoms with Gasteiger partial charge in [0, 0.05) is 0 Å². The van der Waals surface area contributed by atoms with E-state index in [2.05, 4.69) is 9.47 Å². The molecule has 0 saturated heterocycles. The molecule has 0 radical (unpaired) electrons. The fourth-order valence-electron chi connectivity index (χ4n) is 2.46. The van der Waals surface area contributed by atoms with Gasteiger partial charge in [-0.2, -0.15) is 0 Å². The van der Waals surface area contributed by atoms with Gasteiger partial charge in [0.15, 0.2) is 0 Å². The maximum atomic E-state index is 12.1. The topological polar surface area (TPSA) is 18.5 Å². The minimum absolute atomic E-state index is 0.0727. The second kappa shape index (κ2) is 9.18. The van der Waals surface area contributed by atoms with Gasteiger partial charge in [-0.05, 0) is 40.2 Å². The lowest BCUT2D eigenvalue weighted by atomic mass is 9.86. The van der Waals surface area contributed by atoms with Crippen LogP contribution in [0.3, 0.4) is 0 Å². The molecule has 2 aromatic rings. The van der Waals surface area contributed by atoms with E-state index in [-0.39, 0.29) is 22.3 Å². The Balaban J connectivity index is 0.000000300. The monoisotopic (exact) mass is 436 g/mol. The van der Waals surface area contributed by atoms with Crippen LogP contribution in [0, 0.1) is 0 Å². The summed E-state index contributed by atoms with van der Waals surface area (Å²) in [7, 11) is 0. The number of hydrogen-bond acceptors (Lipinski definition) is 2. The lowest BCUT2D eigenvalue weighted by molar-refractivity contribution is -0.275. The molecule has 0 atom stereocenters. The van der Waals surface area contributed by atoms with E-state index in [9.17, 15) is 26.3 Å². The first-order chi connectivity index (χ1) is 13.4. The van der Waals surface area contributed by atoms with Crippen LogP contribution in [0.1, 0.15) is 52.7 Å². The van der Waals surface area contributed by atoms with Crippen LogP contribution in [0.25, 0.3) is 0 Å². The molecule has 0 unspecified atom stereocenters. The first-order valence-electron chi connectivity index (χ1n) is 9.10. The Hall–Kier alpha value is -2.38. The van der Waals surface area contributed by atoms with Gasteiger partial charge in [0.1, 0.15) is 11.5 Å². The highest BCUT2D eigenvalue weighted by Crippen LogP contribution is 2.34. The summed E-state index contributed by atoms with van der Waals surface area (Å²) in [5.41, 5.74) is 1.07. The van der Waals surface area contributed by atoms with Crippen molar-refractivity contribution in [2.75, 3.05) is 0 Å². The zero-order chi connectivity index (χ0) is 23.4. The van der Waals surface area contributed by atoms with Gasteiger partial charge in [-0.25, -0.2) is 0 Å². The van der Waals surface area contributed by atoms with Gasteiger partial charge in [-0.15, -0.1) is 26.3 Å². The Labute approximate surface area is 172 Å². The van der Waals surface area contributed by atoms with Crippen molar-refractivity contribution < 1.29 is 35.8 Å². The fraction of sp³-hybridized carbons (Fsp3) is 0.455. The summed E-state index contributed by atoms with van der Waals surface area (Å²) < 4.78 is 79.6. The van der Waals surface area contributed by atoms with Gasteiger partial charge >= 0.3 is 12.7 Å².